The van der Waals surface area contributed by atoms with Gasteiger partial charge in [0.25, 0.3) is 6.43 Å². The predicted octanol–water partition coefficient (Wildman–Crippen LogP) is 5.09. The average molecular weight is 675 g/mol. The SMILES string of the molecule is COc1ccc(/C=C/c2cnc(O[C@H]3C[C@@H](C(=O)O)N(c4cc(-c5ccc[nH]5)nc(C(F)F)n4)C3)c(N3CCOC4(COC4)[C@@H]3C)c2)cc1. The zero-order valence-electron chi connectivity index (χ0n) is 27.0. The molecule has 2 N–H and O–H groups in total. The Balaban J connectivity index is 1.19. The molecule has 12 nitrogen and oxygen atoms in total. The van der Waals surface area contributed by atoms with Crippen LogP contribution in [0.2, 0.25) is 0 Å². The summed E-state index contributed by atoms with van der Waals surface area (Å²) in [7, 11) is 1.62. The van der Waals surface area contributed by atoms with Crippen molar-refractivity contribution >= 4 is 29.6 Å². The molecule has 14 heteroatoms. The van der Waals surface area contributed by atoms with Crippen molar-refractivity contribution in [2.75, 3.05) is 49.8 Å². The lowest BCUT2D eigenvalue weighted by Crippen LogP contribution is -2.68. The Labute approximate surface area is 281 Å². The lowest BCUT2D eigenvalue weighted by atomic mass is 9.90. The normalized spacial score (nSPS) is 21.8. The van der Waals surface area contributed by atoms with Gasteiger partial charge in [0.15, 0.2) is 5.82 Å². The van der Waals surface area contributed by atoms with Crippen LogP contribution in [-0.4, -0.2) is 94.8 Å². The largest absolute Gasteiger partial charge is 0.497 e. The minimum absolute atomic E-state index is 0.0630. The van der Waals surface area contributed by atoms with Crippen molar-refractivity contribution < 1.29 is 37.6 Å². The quantitative estimate of drug-likeness (QED) is 0.233. The zero-order chi connectivity index (χ0) is 34.1. The number of rotatable bonds is 10. The van der Waals surface area contributed by atoms with Gasteiger partial charge < -0.3 is 38.8 Å². The van der Waals surface area contributed by atoms with Gasteiger partial charge in [0.2, 0.25) is 5.88 Å². The molecule has 3 aliphatic rings. The number of nitrogens with one attached hydrogen (secondary N) is 1. The lowest BCUT2D eigenvalue weighted by Gasteiger charge is -2.53. The number of methoxy groups -OCH3 is 1. The first-order chi connectivity index (χ1) is 23.7. The zero-order valence-corrected chi connectivity index (χ0v) is 27.0. The van der Waals surface area contributed by atoms with Crippen molar-refractivity contribution in [1.29, 1.82) is 0 Å². The highest BCUT2D eigenvalue weighted by atomic mass is 19.3. The van der Waals surface area contributed by atoms with E-state index in [0.717, 1.165) is 22.6 Å². The monoisotopic (exact) mass is 674 g/mol. The van der Waals surface area contributed by atoms with Crippen LogP contribution in [0.3, 0.4) is 0 Å². The molecule has 0 amide bonds. The average Bonchev–Trinajstić information content (AvgIpc) is 3.79. The van der Waals surface area contributed by atoms with Gasteiger partial charge in [-0.2, -0.15) is 0 Å². The molecular weight excluding hydrogens is 638 g/mol. The first kappa shape index (κ1) is 32.5. The fourth-order valence-corrected chi connectivity index (χ4v) is 6.51. The minimum atomic E-state index is -2.95. The van der Waals surface area contributed by atoms with Gasteiger partial charge in [0.05, 0.1) is 50.9 Å². The van der Waals surface area contributed by atoms with E-state index in [1.165, 1.54) is 11.0 Å². The third kappa shape index (κ3) is 6.53. The molecule has 7 rings (SSSR count). The molecule has 49 heavy (non-hydrogen) atoms. The van der Waals surface area contributed by atoms with Crippen LogP contribution >= 0.6 is 0 Å². The Hall–Kier alpha value is -5.08. The Morgan fingerprint density at radius 3 is 2.59 bits per heavy atom. The van der Waals surface area contributed by atoms with Crippen molar-refractivity contribution in [2.24, 2.45) is 0 Å². The summed E-state index contributed by atoms with van der Waals surface area (Å²) in [4.78, 5) is 31.9. The second-order valence-corrected chi connectivity index (χ2v) is 12.3. The number of hydrogen-bond donors (Lipinski definition) is 2. The number of hydrogen-bond acceptors (Lipinski definition) is 10. The number of carboxylic acids is 1. The van der Waals surface area contributed by atoms with Gasteiger partial charge in [-0.1, -0.05) is 24.3 Å². The number of halogens is 2. The highest BCUT2D eigenvalue weighted by molar-refractivity contribution is 5.79. The van der Waals surface area contributed by atoms with Crippen LogP contribution < -0.4 is 19.3 Å². The van der Waals surface area contributed by atoms with Crippen LogP contribution in [0.4, 0.5) is 20.3 Å². The Morgan fingerprint density at radius 2 is 1.92 bits per heavy atom. The molecule has 6 heterocycles. The van der Waals surface area contributed by atoms with Crippen LogP contribution in [0.25, 0.3) is 23.5 Å². The second-order valence-electron chi connectivity index (χ2n) is 12.3. The Morgan fingerprint density at radius 1 is 1.12 bits per heavy atom. The minimum Gasteiger partial charge on any atom is -0.497 e. The number of benzene rings is 1. The summed E-state index contributed by atoms with van der Waals surface area (Å²) in [5, 5.41) is 10.2. The van der Waals surface area contributed by atoms with E-state index in [4.69, 9.17) is 23.9 Å². The van der Waals surface area contributed by atoms with E-state index >= 15 is 0 Å². The molecule has 3 aromatic heterocycles. The summed E-state index contributed by atoms with van der Waals surface area (Å²) in [6.45, 7) is 4.19. The number of H-pyrrole nitrogens is 1. The maximum atomic E-state index is 13.9. The van der Waals surface area contributed by atoms with Crippen LogP contribution in [0.1, 0.15) is 36.7 Å². The summed E-state index contributed by atoms with van der Waals surface area (Å²) in [5.74, 6) is -0.624. The molecule has 0 bridgehead atoms. The van der Waals surface area contributed by atoms with E-state index in [9.17, 15) is 18.7 Å². The fraction of sp³-hybridized carbons (Fsp3) is 0.371. The topological polar surface area (TPSA) is 135 Å². The number of pyridine rings is 1. The van der Waals surface area contributed by atoms with E-state index in [2.05, 4.69) is 26.8 Å². The third-order valence-electron chi connectivity index (χ3n) is 9.31. The van der Waals surface area contributed by atoms with Crippen LogP contribution in [-0.2, 0) is 14.3 Å². The van der Waals surface area contributed by atoms with Gasteiger partial charge in [0, 0.05) is 31.4 Å². The molecule has 3 aliphatic heterocycles. The van der Waals surface area contributed by atoms with Gasteiger partial charge in [-0.15, -0.1) is 0 Å². The van der Waals surface area contributed by atoms with Gasteiger partial charge in [-0.05, 0) is 48.4 Å². The number of carboxylic acid groups (broad SMARTS) is 1. The highest BCUT2D eigenvalue weighted by Gasteiger charge is 2.50. The fourth-order valence-electron chi connectivity index (χ4n) is 6.51. The molecule has 0 aliphatic carbocycles. The van der Waals surface area contributed by atoms with Crippen LogP contribution in [0, 0.1) is 0 Å². The first-order valence-corrected chi connectivity index (χ1v) is 16.0. The number of aromatic nitrogens is 4. The van der Waals surface area contributed by atoms with Gasteiger partial charge in [-0.25, -0.2) is 28.5 Å². The van der Waals surface area contributed by atoms with E-state index in [1.54, 1.807) is 31.6 Å². The molecule has 0 unspecified atom stereocenters. The maximum absolute atomic E-state index is 13.9. The van der Waals surface area contributed by atoms with Gasteiger partial charge in [0.1, 0.15) is 35.0 Å². The Bertz CT molecular complexity index is 1820. The summed E-state index contributed by atoms with van der Waals surface area (Å²) < 4.78 is 51.3. The standard InChI is InChI=1S/C35H36F2N6O6/c1-21-35(19-47-20-35)48-13-12-42(21)28-14-23(6-5-22-7-9-24(46-2)10-8-22)17-39-33(28)49-25-15-29(34(44)45)43(18-25)30-16-27(26-4-3-11-38-26)40-32(41-30)31(36)37/h3-11,14,16-17,21,25,29,31,38H,12-13,15,18-20H2,1-2H3,(H,44,45)/b6-5+/t21-,25-,29-/m0/s1. The molecule has 1 aromatic carbocycles. The second kappa shape index (κ2) is 13.4. The molecule has 0 radical (unpaired) electrons. The predicted molar refractivity (Wildman–Crippen MR) is 177 cm³/mol. The summed E-state index contributed by atoms with van der Waals surface area (Å²) in [6.07, 6.45) is 3.80. The number of ether oxygens (including phenoxy) is 4. The van der Waals surface area contributed by atoms with Crippen molar-refractivity contribution in [3.05, 3.63) is 77.9 Å². The molecule has 1 spiro atoms. The summed E-state index contributed by atoms with van der Waals surface area (Å²) >= 11 is 0. The van der Waals surface area contributed by atoms with E-state index in [1.807, 2.05) is 42.5 Å². The first-order valence-electron chi connectivity index (χ1n) is 16.0. The number of alkyl halides is 2. The number of aliphatic carboxylic acids is 1. The molecule has 4 aromatic rings. The molecular formula is C35H36F2N6O6. The molecule has 0 saturated carbocycles. The lowest BCUT2D eigenvalue weighted by molar-refractivity contribution is -0.228. The third-order valence-corrected chi connectivity index (χ3v) is 9.31. The van der Waals surface area contributed by atoms with E-state index in [0.29, 0.717) is 37.9 Å². The number of anilines is 2. The van der Waals surface area contributed by atoms with Crippen molar-refractivity contribution in [3.63, 3.8) is 0 Å². The molecule has 3 atom stereocenters. The van der Waals surface area contributed by atoms with Crippen molar-refractivity contribution in [3.8, 4) is 23.0 Å². The van der Waals surface area contributed by atoms with Crippen LogP contribution in [0.15, 0.2) is 60.9 Å². The molecule has 3 fully saturated rings. The van der Waals surface area contributed by atoms with Gasteiger partial charge >= 0.3 is 5.97 Å². The smallest absolute Gasteiger partial charge is 0.326 e. The molecule has 3 saturated heterocycles. The van der Waals surface area contributed by atoms with E-state index in [-0.39, 0.29) is 30.5 Å². The summed E-state index contributed by atoms with van der Waals surface area (Å²) in [6, 6.07) is 13.5. The number of nitrogens with zero attached hydrogens (tertiary/aromatic N) is 5. The number of aromatic amines is 1. The summed E-state index contributed by atoms with van der Waals surface area (Å²) in [5.41, 5.74) is 2.85. The van der Waals surface area contributed by atoms with Crippen molar-refractivity contribution in [1.82, 2.24) is 19.9 Å². The number of morpholine rings is 1. The van der Waals surface area contributed by atoms with Crippen molar-refractivity contribution in [2.45, 2.75) is 43.6 Å². The maximum Gasteiger partial charge on any atom is 0.326 e. The van der Waals surface area contributed by atoms with E-state index < -0.39 is 36.0 Å². The number of carbonyl (C=O) groups is 1. The molecule has 256 valence electrons. The van der Waals surface area contributed by atoms with Crippen LogP contribution in [0.5, 0.6) is 11.6 Å². The highest BCUT2D eigenvalue weighted by Crippen LogP contribution is 2.40. The Kier molecular flexibility index (Phi) is 8.90. The van der Waals surface area contributed by atoms with Gasteiger partial charge in [-0.3, -0.25) is 0 Å².